The van der Waals surface area contributed by atoms with Gasteiger partial charge in [-0.25, -0.2) is 0 Å². The van der Waals surface area contributed by atoms with E-state index in [0.29, 0.717) is 12.0 Å². The molecule has 1 fully saturated rings. The number of hydrogen-bond acceptors (Lipinski definition) is 3. The monoisotopic (exact) mass is 220 g/mol. The highest BCUT2D eigenvalue weighted by Gasteiger charge is 2.29. The first-order valence-electron chi connectivity index (χ1n) is 6.54. The molecule has 1 unspecified atom stereocenters. The lowest BCUT2D eigenvalue weighted by atomic mass is 10.0. The fourth-order valence-corrected chi connectivity index (χ4v) is 3.22. The zero-order valence-electron chi connectivity index (χ0n) is 9.73. The molecule has 0 spiro atoms. The summed E-state index contributed by atoms with van der Waals surface area (Å²) in [5.41, 5.74) is 5.87. The van der Waals surface area contributed by atoms with E-state index in [4.69, 9.17) is 5.73 Å². The van der Waals surface area contributed by atoms with Crippen molar-refractivity contribution < 1.29 is 0 Å². The second-order valence-electron chi connectivity index (χ2n) is 5.11. The molecule has 2 heterocycles. The van der Waals surface area contributed by atoms with Crippen molar-refractivity contribution in [2.24, 2.45) is 5.73 Å². The summed E-state index contributed by atoms with van der Waals surface area (Å²) in [4.78, 5) is 0. The van der Waals surface area contributed by atoms with Crippen LogP contribution >= 0.6 is 0 Å². The van der Waals surface area contributed by atoms with Crippen LogP contribution in [0.15, 0.2) is 0 Å². The van der Waals surface area contributed by atoms with E-state index < -0.39 is 0 Å². The van der Waals surface area contributed by atoms with Gasteiger partial charge in [0.2, 0.25) is 0 Å². The van der Waals surface area contributed by atoms with Crippen molar-refractivity contribution >= 4 is 0 Å². The molecule has 0 bridgehead atoms. The van der Waals surface area contributed by atoms with Crippen LogP contribution in [0.4, 0.5) is 0 Å². The van der Waals surface area contributed by atoms with Crippen molar-refractivity contribution in [2.45, 2.75) is 56.9 Å². The maximum atomic E-state index is 5.87. The van der Waals surface area contributed by atoms with E-state index in [1.165, 1.54) is 50.2 Å². The molecular formula is C12H20N4. The minimum Gasteiger partial charge on any atom is -0.328 e. The molecule has 0 amide bonds. The number of hydrogen-bond donors (Lipinski definition) is 1. The van der Waals surface area contributed by atoms with Gasteiger partial charge in [0.15, 0.2) is 0 Å². The van der Waals surface area contributed by atoms with Gasteiger partial charge in [-0.1, -0.05) is 12.8 Å². The van der Waals surface area contributed by atoms with Crippen LogP contribution in [-0.2, 0) is 6.42 Å². The maximum Gasteiger partial charge on any atom is 0.136 e. The summed E-state index contributed by atoms with van der Waals surface area (Å²) in [7, 11) is 0. The van der Waals surface area contributed by atoms with Crippen LogP contribution < -0.4 is 5.73 Å². The van der Waals surface area contributed by atoms with Crippen molar-refractivity contribution in [1.82, 2.24) is 14.8 Å². The Morgan fingerprint density at radius 1 is 1.12 bits per heavy atom. The zero-order chi connectivity index (χ0) is 11.0. The summed E-state index contributed by atoms with van der Waals surface area (Å²) in [5, 5.41) is 8.79. The molecule has 4 heteroatoms. The third-order valence-electron chi connectivity index (χ3n) is 4.09. The molecule has 2 N–H and O–H groups in total. The van der Waals surface area contributed by atoms with Gasteiger partial charge in [-0.2, -0.15) is 0 Å². The van der Waals surface area contributed by atoms with Gasteiger partial charge < -0.3 is 10.3 Å². The van der Waals surface area contributed by atoms with Crippen LogP contribution in [0.1, 0.15) is 62.1 Å². The van der Waals surface area contributed by atoms with Crippen molar-refractivity contribution in [1.29, 1.82) is 0 Å². The third kappa shape index (κ3) is 1.56. The van der Waals surface area contributed by atoms with E-state index in [1.54, 1.807) is 0 Å². The summed E-state index contributed by atoms with van der Waals surface area (Å²) in [5.74, 6) is 3.04. The fourth-order valence-electron chi connectivity index (χ4n) is 3.22. The maximum absolute atomic E-state index is 5.87. The molecule has 0 saturated heterocycles. The Morgan fingerprint density at radius 2 is 1.94 bits per heavy atom. The van der Waals surface area contributed by atoms with Crippen LogP contribution in [0.25, 0.3) is 0 Å². The van der Waals surface area contributed by atoms with Gasteiger partial charge in [0, 0.05) is 24.9 Å². The number of nitrogens with two attached hydrogens (primary N) is 1. The summed E-state index contributed by atoms with van der Waals surface area (Å²) in [6.07, 6.45) is 8.76. The highest BCUT2D eigenvalue weighted by atomic mass is 15.3. The van der Waals surface area contributed by atoms with Crippen LogP contribution in [-0.4, -0.2) is 21.3 Å². The molecule has 1 atom stereocenters. The Morgan fingerprint density at radius 3 is 2.69 bits per heavy atom. The highest BCUT2D eigenvalue weighted by molar-refractivity contribution is 5.08. The molecule has 4 nitrogen and oxygen atoms in total. The molecule has 1 aliphatic carbocycles. The van der Waals surface area contributed by atoms with Gasteiger partial charge in [0.1, 0.15) is 11.6 Å². The first-order valence-corrected chi connectivity index (χ1v) is 6.54. The Kier molecular flexibility index (Phi) is 2.67. The lowest BCUT2D eigenvalue weighted by molar-refractivity contribution is 0.385. The third-order valence-corrected chi connectivity index (χ3v) is 4.09. The summed E-state index contributed by atoms with van der Waals surface area (Å²) >= 11 is 0. The molecule has 1 saturated carbocycles. The molecule has 1 aromatic rings. The van der Waals surface area contributed by atoms with Gasteiger partial charge in [-0.3, -0.25) is 0 Å². The molecule has 88 valence electrons. The largest absolute Gasteiger partial charge is 0.328 e. The fraction of sp³-hybridized carbons (Fsp3) is 0.833. The first kappa shape index (κ1) is 10.3. The molecule has 0 radical (unpaired) electrons. The van der Waals surface area contributed by atoms with Crippen molar-refractivity contribution in [3.05, 3.63) is 11.6 Å². The second kappa shape index (κ2) is 4.17. The Hall–Kier alpha value is -0.900. The molecule has 2 aliphatic rings. The quantitative estimate of drug-likeness (QED) is 0.826. The molecular weight excluding hydrogens is 200 g/mol. The van der Waals surface area contributed by atoms with E-state index in [1.807, 2.05) is 0 Å². The topological polar surface area (TPSA) is 56.7 Å². The zero-order valence-corrected chi connectivity index (χ0v) is 9.73. The number of nitrogens with zero attached hydrogens (tertiary/aromatic N) is 3. The van der Waals surface area contributed by atoms with E-state index in [0.717, 1.165) is 13.0 Å². The molecule has 1 aliphatic heterocycles. The summed E-state index contributed by atoms with van der Waals surface area (Å²) in [6.45, 7) is 0.727. The predicted octanol–water partition coefficient (Wildman–Crippen LogP) is 1.77. The lowest BCUT2D eigenvalue weighted by Gasteiger charge is -2.26. The standard InChI is InChI=1S/C12H20N4/c13-8-10-6-3-7-11-14-15-12(16(10)11)9-4-1-2-5-9/h9-10H,1-8,13H2. The average Bonchev–Trinajstić information content (AvgIpc) is 2.96. The highest BCUT2D eigenvalue weighted by Crippen LogP contribution is 2.36. The van der Waals surface area contributed by atoms with E-state index in [9.17, 15) is 0 Å². The van der Waals surface area contributed by atoms with Gasteiger partial charge in [-0.05, 0) is 25.7 Å². The Labute approximate surface area is 96.2 Å². The minimum absolute atomic E-state index is 0.453. The smallest absolute Gasteiger partial charge is 0.136 e. The summed E-state index contributed by atoms with van der Waals surface area (Å²) in [6, 6.07) is 0.453. The van der Waals surface area contributed by atoms with Crippen LogP contribution in [0.5, 0.6) is 0 Å². The SMILES string of the molecule is NCC1CCCc2nnc(C3CCCC3)n21. The van der Waals surface area contributed by atoms with Gasteiger partial charge in [0.05, 0.1) is 0 Å². The van der Waals surface area contributed by atoms with Crippen molar-refractivity contribution in [3.63, 3.8) is 0 Å². The van der Waals surface area contributed by atoms with E-state index in [2.05, 4.69) is 14.8 Å². The lowest BCUT2D eigenvalue weighted by Crippen LogP contribution is -2.27. The first-order chi connectivity index (χ1) is 7.90. The second-order valence-corrected chi connectivity index (χ2v) is 5.11. The molecule has 16 heavy (non-hydrogen) atoms. The number of aromatic nitrogens is 3. The Balaban J connectivity index is 1.96. The number of fused-ring (bicyclic) bond motifs is 1. The normalized spacial score (nSPS) is 25.9. The van der Waals surface area contributed by atoms with E-state index >= 15 is 0 Å². The van der Waals surface area contributed by atoms with Gasteiger partial charge in [-0.15, -0.1) is 10.2 Å². The number of aryl methyl sites for hydroxylation is 1. The van der Waals surface area contributed by atoms with Crippen LogP contribution in [0.2, 0.25) is 0 Å². The van der Waals surface area contributed by atoms with Crippen molar-refractivity contribution in [3.8, 4) is 0 Å². The number of rotatable bonds is 2. The van der Waals surface area contributed by atoms with Crippen molar-refractivity contribution in [2.75, 3.05) is 6.54 Å². The predicted molar refractivity (Wildman–Crippen MR) is 62.3 cm³/mol. The molecule has 0 aromatic carbocycles. The minimum atomic E-state index is 0.453. The Bertz CT molecular complexity index is 365. The molecule has 3 rings (SSSR count). The molecule has 1 aromatic heterocycles. The van der Waals surface area contributed by atoms with Gasteiger partial charge >= 0.3 is 0 Å². The van der Waals surface area contributed by atoms with E-state index in [-0.39, 0.29) is 0 Å². The van der Waals surface area contributed by atoms with Crippen LogP contribution in [0.3, 0.4) is 0 Å². The van der Waals surface area contributed by atoms with Gasteiger partial charge in [0.25, 0.3) is 0 Å². The summed E-state index contributed by atoms with van der Waals surface area (Å²) < 4.78 is 2.36. The van der Waals surface area contributed by atoms with Crippen LogP contribution in [0, 0.1) is 0 Å². The average molecular weight is 220 g/mol.